The van der Waals surface area contributed by atoms with E-state index in [4.69, 9.17) is 0 Å². The average Bonchev–Trinajstić information content (AvgIpc) is 2.87. The summed E-state index contributed by atoms with van der Waals surface area (Å²) in [5.74, 6) is -0.143. The predicted octanol–water partition coefficient (Wildman–Crippen LogP) is -1.60. The van der Waals surface area contributed by atoms with Gasteiger partial charge in [0, 0.05) is 45.3 Å². The Labute approximate surface area is 124 Å². The summed E-state index contributed by atoms with van der Waals surface area (Å²) in [6.07, 6.45) is 1.73. The maximum atomic E-state index is 12.1. The van der Waals surface area contributed by atoms with Crippen LogP contribution >= 0.6 is 0 Å². The van der Waals surface area contributed by atoms with Gasteiger partial charge in [0.15, 0.2) is 5.69 Å². The van der Waals surface area contributed by atoms with E-state index in [2.05, 4.69) is 44.8 Å². The highest BCUT2D eigenvalue weighted by molar-refractivity contribution is 5.91. The highest BCUT2D eigenvalue weighted by Crippen LogP contribution is 2.10. The highest BCUT2D eigenvalue weighted by atomic mass is 16.2. The molecular formula is C13H23N7O. The molecule has 0 spiro atoms. The molecule has 0 aromatic carbocycles. The van der Waals surface area contributed by atoms with E-state index in [0.29, 0.717) is 24.3 Å². The molecular weight excluding hydrogens is 270 g/mol. The van der Waals surface area contributed by atoms with Crippen molar-refractivity contribution in [1.82, 2.24) is 35.4 Å². The van der Waals surface area contributed by atoms with E-state index in [0.717, 1.165) is 32.7 Å². The van der Waals surface area contributed by atoms with Crippen LogP contribution < -0.4 is 10.6 Å². The molecule has 8 nitrogen and oxygen atoms in total. The van der Waals surface area contributed by atoms with Gasteiger partial charge in [0.1, 0.15) is 0 Å². The molecule has 3 heterocycles. The lowest BCUT2D eigenvalue weighted by molar-refractivity contribution is 0.0877. The smallest absolute Gasteiger partial charge is 0.273 e. The van der Waals surface area contributed by atoms with Gasteiger partial charge < -0.3 is 15.5 Å². The number of likely N-dealkylation sites (N-methyl/N-ethyl adjacent to an activating group) is 2. The quantitative estimate of drug-likeness (QED) is 0.696. The number of hydrogen-bond donors (Lipinski definition) is 2. The van der Waals surface area contributed by atoms with Gasteiger partial charge >= 0.3 is 0 Å². The third-order valence-electron chi connectivity index (χ3n) is 4.36. The standard InChI is InChI=1S/C13H23N7O/c1-18-3-4-19(2)11(8-18)7-15-13(21)12-9-20(17-16-12)10-5-14-6-10/h9-11,14H,3-8H2,1-2H3,(H,15,21). The van der Waals surface area contributed by atoms with Crippen molar-refractivity contribution in [2.75, 3.05) is 53.4 Å². The largest absolute Gasteiger partial charge is 0.349 e. The SMILES string of the molecule is CN1CCN(C)C(CNC(=O)c2cn(C3CNC3)nn2)C1. The number of amides is 1. The zero-order valence-electron chi connectivity index (χ0n) is 12.6. The summed E-state index contributed by atoms with van der Waals surface area (Å²) < 4.78 is 1.77. The molecule has 116 valence electrons. The number of aromatic nitrogens is 3. The van der Waals surface area contributed by atoms with Crippen molar-refractivity contribution in [3.8, 4) is 0 Å². The second-order valence-corrected chi connectivity index (χ2v) is 6.00. The topological polar surface area (TPSA) is 78.3 Å². The number of rotatable bonds is 4. The summed E-state index contributed by atoms with van der Waals surface area (Å²) in [6.45, 7) is 5.49. The van der Waals surface area contributed by atoms with Crippen LogP contribution in [0.5, 0.6) is 0 Å². The number of piperazine rings is 1. The molecule has 1 amide bonds. The lowest BCUT2D eigenvalue weighted by Gasteiger charge is -2.37. The zero-order chi connectivity index (χ0) is 14.8. The maximum Gasteiger partial charge on any atom is 0.273 e. The van der Waals surface area contributed by atoms with Crippen LogP contribution in [-0.2, 0) is 0 Å². The first-order chi connectivity index (χ1) is 10.1. The predicted molar refractivity (Wildman–Crippen MR) is 78.2 cm³/mol. The van der Waals surface area contributed by atoms with E-state index in [1.807, 2.05) is 0 Å². The minimum atomic E-state index is -0.143. The van der Waals surface area contributed by atoms with Crippen LogP contribution in [0.25, 0.3) is 0 Å². The molecule has 2 saturated heterocycles. The fourth-order valence-corrected chi connectivity index (χ4v) is 2.64. The molecule has 0 radical (unpaired) electrons. The van der Waals surface area contributed by atoms with Crippen LogP contribution in [0, 0.1) is 0 Å². The van der Waals surface area contributed by atoms with Gasteiger partial charge in [-0.05, 0) is 14.1 Å². The Kier molecular flexibility index (Phi) is 4.18. The van der Waals surface area contributed by atoms with Crippen molar-refractivity contribution in [3.05, 3.63) is 11.9 Å². The molecule has 3 rings (SSSR count). The van der Waals surface area contributed by atoms with E-state index >= 15 is 0 Å². The number of hydrogen-bond acceptors (Lipinski definition) is 6. The molecule has 2 aliphatic rings. The number of carbonyl (C=O) groups is 1. The lowest BCUT2D eigenvalue weighted by Crippen LogP contribution is -2.54. The molecule has 0 saturated carbocycles. The molecule has 8 heteroatoms. The van der Waals surface area contributed by atoms with Gasteiger partial charge in [-0.3, -0.25) is 9.69 Å². The zero-order valence-corrected chi connectivity index (χ0v) is 12.6. The normalized spacial score (nSPS) is 24.8. The molecule has 1 aromatic heterocycles. The fraction of sp³-hybridized carbons (Fsp3) is 0.769. The Morgan fingerprint density at radius 2 is 2.24 bits per heavy atom. The average molecular weight is 293 g/mol. The van der Waals surface area contributed by atoms with Crippen molar-refractivity contribution in [1.29, 1.82) is 0 Å². The molecule has 1 atom stereocenters. The minimum Gasteiger partial charge on any atom is -0.349 e. The van der Waals surface area contributed by atoms with Gasteiger partial charge in [-0.15, -0.1) is 5.10 Å². The van der Waals surface area contributed by atoms with Gasteiger partial charge in [0.25, 0.3) is 5.91 Å². The highest BCUT2D eigenvalue weighted by Gasteiger charge is 2.24. The van der Waals surface area contributed by atoms with E-state index in [-0.39, 0.29) is 5.91 Å². The van der Waals surface area contributed by atoms with Crippen LogP contribution in [0.15, 0.2) is 6.20 Å². The van der Waals surface area contributed by atoms with Crippen LogP contribution in [0.2, 0.25) is 0 Å². The molecule has 0 bridgehead atoms. The summed E-state index contributed by atoms with van der Waals surface area (Å²) in [6, 6.07) is 0.677. The molecule has 2 N–H and O–H groups in total. The van der Waals surface area contributed by atoms with Crippen molar-refractivity contribution < 1.29 is 4.79 Å². The number of nitrogens with zero attached hydrogens (tertiary/aromatic N) is 5. The lowest BCUT2D eigenvalue weighted by atomic mass is 10.2. The Morgan fingerprint density at radius 3 is 2.95 bits per heavy atom. The van der Waals surface area contributed by atoms with Gasteiger partial charge in [-0.25, -0.2) is 4.68 Å². The first kappa shape index (κ1) is 14.4. The van der Waals surface area contributed by atoms with Crippen molar-refractivity contribution in [2.24, 2.45) is 0 Å². The number of carbonyl (C=O) groups excluding carboxylic acids is 1. The molecule has 21 heavy (non-hydrogen) atoms. The maximum absolute atomic E-state index is 12.1. The van der Waals surface area contributed by atoms with Gasteiger partial charge in [0.2, 0.25) is 0 Å². The van der Waals surface area contributed by atoms with Crippen molar-refractivity contribution in [2.45, 2.75) is 12.1 Å². The van der Waals surface area contributed by atoms with E-state index < -0.39 is 0 Å². The van der Waals surface area contributed by atoms with Crippen LogP contribution in [0.1, 0.15) is 16.5 Å². The summed E-state index contributed by atoms with van der Waals surface area (Å²) in [7, 11) is 4.21. The van der Waals surface area contributed by atoms with Gasteiger partial charge in [0.05, 0.1) is 12.2 Å². The second-order valence-electron chi connectivity index (χ2n) is 6.00. The molecule has 2 fully saturated rings. The van der Waals surface area contributed by atoms with Crippen molar-refractivity contribution in [3.63, 3.8) is 0 Å². The number of nitrogens with one attached hydrogen (secondary N) is 2. The van der Waals surface area contributed by atoms with Crippen LogP contribution in [0.3, 0.4) is 0 Å². The van der Waals surface area contributed by atoms with E-state index in [9.17, 15) is 4.79 Å². The van der Waals surface area contributed by atoms with Crippen LogP contribution in [0.4, 0.5) is 0 Å². The van der Waals surface area contributed by atoms with Crippen molar-refractivity contribution >= 4 is 5.91 Å². The Bertz CT molecular complexity index is 498. The minimum absolute atomic E-state index is 0.143. The van der Waals surface area contributed by atoms with Crippen LogP contribution in [-0.4, -0.2) is 90.1 Å². The van der Waals surface area contributed by atoms with Gasteiger partial charge in [-0.2, -0.15) is 0 Å². The van der Waals surface area contributed by atoms with E-state index in [1.165, 1.54) is 0 Å². The first-order valence-corrected chi connectivity index (χ1v) is 7.43. The molecule has 1 aromatic rings. The molecule has 2 aliphatic heterocycles. The Balaban J connectivity index is 1.52. The Morgan fingerprint density at radius 1 is 1.43 bits per heavy atom. The second kappa shape index (κ2) is 6.08. The van der Waals surface area contributed by atoms with E-state index in [1.54, 1.807) is 10.9 Å². The first-order valence-electron chi connectivity index (χ1n) is 7.43. The summed E-state index contributed by atoms with van der Waals surface area (Å²) in [5, 5.41) is 14.1. The Hall–Kier alpha value is -1.51. The van der Waals surface area contributed by atoms with Gasteiger partial charge in [-0.1, -0.05) is 5.21 Å². The third-order valence-corrected chi connectivity index (χ3v) is 4.36. The fourth-order valence-electron chi connectivity index (χ4n) is 2.64. The molecule has 0 aliphatic carbocycles. The summed E-state index contributed by atoms with van der Waals surface area (Å²) in [5.41, 5.74) is 0.397. The monoisotopic (exact) mass is 293 g/mol. The third kappa shape index (κ3) is 3.22. The summed E-state index contributed by atoms with van der Waals surface area (Å²) in [4.78, 5) is 16.7. The summed E-state index contributed by atoms with van der Waals surface area (Å²) >= 11 is 0. The molecule has 1 unspecified atom stereocenters.